The van der Waals surface area contributed by atoms with E-state index in [2.05, 4.69) is 9.72 Å². The molecular formula is C13H9NO4. The van der Waals surface area contributed by atoms with Crippen LogP contribution in [0.4, 0.5) is 0 Å². The Kier molecular flexibility index (Phi) is 2.19. The lowest BCUT2D eigenvalue weighted by Crippen LogP contribution is -2.01. The van der Waals surface area contributed by atoms with Gasteiger partial charge in [-0.3, -0.25) is 4.79 Å². The number of fused-ring (bicyclic) bond motifs is 2. The first kappa shape index (κ1) is 10.6. The molecule has 1 aromatic carbocycles. The molecule has 0 spiro atoms. The van der Waals surface area contributed by atoms with Gasteiger partial charge in [0.1, 0.15) is 11.3 Å². The van der Waals surface area contributed by atoms with Crippen molar-refractivity contribution in [2.75, 3.05) is 7.11 Å². The van der Waals surface area contributed by atoms with Crippen LogP contribution in [0.1, 0.15) is 10.5 Å². The van der Waals surface area contributed by atoms with E-state index in [4.69, 9.17) is 4.42 Å². The minimum atomic E-state index is -0.537. The van der Waals surface area contributed by atoms with E-state index in [0.29, 0.717) is 16.4 Å². The highest BCUT2D eigenvalue weighted by molar-refractivity contribution is 5.96. The Morgan fingerprint density at radius 1 is 1.28 bits per heavy atom. The predicted molar refractivity (Wildman–Crippen MR) is 65.7 cm³/mol. The van der Waals surface area contributed by atoms with Crippen molar-refractivity contribution in [3.63, 3.8) is 0 Å². The summed E-state index contributed by atoms with van der Waals surface area (Å²) in [6.45, 7) is 0. The Bertz CT molecular complexity index is 813. The van der Waals surface area contributed by atoms with E-state index in [1.165, 1.54) is 13.2 Å². The zero-order valence-corrected chi connectivity index (χ0v) is 9.52. The van der Waals surface area contributed by atoms with Gasteiger partial charge in [-0.2, -0.15) is 0 Å². The average molecular weight is 243 g/mol. The number of esters is 1. The fourth-order valence-corrected chi connectivity index (χ4v) is 1.90. The molecule has 0 unspecified atom stereocenters. The lowest BCUT2D eigenvalue weighted by atomic mass is 10.2. The Balaban J connectivity index is 2.40. The monoisotopic (exact) mass is 243 g/mol. The number of rotatable bonds is 1. The highest BCUT2D eigenvalue weighted by Gasteiger charge is 2.14. The molecule has 0 bridgehead atoms. The van der Waals surface area contributed by atoms with Crippen LogP contribution in [-0.2, 0) is 4.74 Å². The van der Waals surface area contributed by atoms with Crippen molar-refractivity contribution in [1.29, 1.82) is 0 Å². The maximum atomic E-state index is 12.2. The second-order valence-corrected chi connectivity index (χ2v) is 3.84. The summed E-state index contributed by atoms with van der Waals surface area (Å²) in [5, 5.41) is 0.828. The van der Waals surface area contributed by atoms with E-state index in [9.17, 15) is 9.59 Å². The van der Waals surface area contributed by atoms with Crippen molar-refractivity contribution >= 4 is 28.0 Å². The maximum Gasteiger partial charge on any atom is 0.354 e. The van der Waals surface area contributed by atoms with Crippen LogP contribution in [0.25, 0.3) is 22.1 Å². The molecule has 3 aromatic rings. The zero-order valence-electron chi connectivity index (χ0n) is 9.52. The lowest BCUT2D eigenvalue weighted by molar-refractivity contribution is 0.0595. The lowest BCUT2D eigenvalue weighted by Gasteiger charge is -1.95. The van der Waals surface area contributed by atoms with E-state index in [1.54, 1.807) is 24.3 Å². The molecule has 1 N–H and O–H groups in total. The third-order valence-electron chi connectivity index (χ3n) is 2.78. The quantitative estimate of drug-likeness (QED) is 0.664. The molecule has 0 saturated carbocycles. The summed E-state index contributed by atoms with van der Waals surface area (Å²) < 4.78 is 10.1. The molecule has 18 heavy (non-hydrogen) atoms. The van der Waals surface area contributed by atoms with Crippen LogP contribution < -0.4 is 5.43 Å². The molecule has 5 heteroatoms. The standard InChI is InChI=1S/C13H9NO4/c1-17-13(16)9-6-8-11(15)7-4-2-3-5-10(7)18-12(8)14-9/h2-6,14H,1H3. The average Bonchev–Trinajstić information content (AvgIpc) is 2.82. The minimum Gasteiger partial charge on any atom is -0.464 e. The third kappa shape index (κ3) is 1.41. The molecule has 0 aliphatic carbocycles. The van der Waals surface area contributed by atoms with Crippen LogP contribution in [0.3, 0.4) is 0 Å². The van der Waals surface area contributed by atoms with Crippen LogP contribution in [0.2, 0.25) is 0 Å². The number of hydrogen-bond acceptors (Lipinski definition) is 4. The van der Waals surface area contributed by atoms with Crippen molar-refractivity contribution in [2.45, 2.75) is 0 Å². The van der Waals surface area contributed by atoms with Crippen molar-refractivity contribution in [3.05, 3.63) is 46.2 Å². The SMILES string of the molecule is COC(=O)c1cc2c(=O)c3ccccc3oc2[nH]1. The van der Waals surface area contributed by atoms with Crippen LogP contribution in [0, 0.1) is 0 Å². The number of carbonyl (C=O) groups is 1. The summed E-state index contributed by atoms with van der Waals surface area (Å²) in [5.74, 6) is -0.537. The van der Waals surface area contributed by atoms with Crippen molar-refractivity contribution in [1.82, 2.24) is 4.98 Å². The molecule has 0 aliphatic rings. The molecule has 0 fully saturated rings. The number of hydrogen-bond donors (Lipinski definition) is 1. The Morgan fingerprint density at radius 2 is 2.06 bits per heavy atom. The molecule has 0 saturated heterocycles. The van der Waals surface area contributed by atoms with Crippen molar-refractivity contribution < 1.29 is 13.9 Å². The van der Waals surface area contributed by atoms with Crippen LogP contribution in [0.15, 0.2) is 39.5 Å². The molecule has 0 amide bonds. The largest absolute Gasteiger partial charge is 0.464 e. The summed E-state index contributed by atoms with van der Waals surface area (Å²) in [7, 11) is 1.28. The van der Waals surface area contributed by atoms with Gasteiger partial charge >= 0.3 is 5.97 Å². The van der Waals surface area contributed by atoms with Gasteiger partial charge in [-0.1, -0.05) is 12.1 Å². The minimum absolute atomic E-state index is 0.168. The van der Waals surface area contributed by atoms with Gasteiger partial charge in [-0.15, -0.1) is 0 Å². The van der Waals surface area contributed by atoms with Gasteiger partial charge in [0, 0.05) is 0 Å². The Labute approximate surface area is 101 Å². The maximum absolute atomic E-state index is 12.2. The van der Waals surface area contributed by atoms with E-state index < -0.39 is 5.97 Å². The second kappa shape index (κ2) is 3.73. The number of para-hydroxylation sites is 1. The molecular weight excluding hydrogens is 234 g/mol. The highest BCUT2D eigenvalue weighted by atomic mass is 16.5. The second-order valence-electron chi connectivity index (χ2n) is 3.84. The van der Waals surface area contributed by atoms with Gasteiger partial charge in [0.25, 0.3) is 0 Å². The van der Waals surface area contributed by atoms with Gasteiger partial charge < -0.3 is 14.1 Å². The molecule has 2 heterocycles. The number of methoxy groups -OCH3 is 1. The van der Waals surface area contributed by atoms with Gasteiger partial charge in [0.15, 0.2) is 0 Å². The first-order valence-corrected chi connectivity index (χ1v) is 5.33. The number of H-pyrrole nitrogens is 1. The summed E-state index contributed by atoms with van der Waals surface area (Å²) >= 11 is 0. The van der Waals surface area contributed by atoms with Gasteiger partial charge in [0.2, 0.25) is 11.1 Å². The molecule has 0 radical (unpaired) electrons. The summed E-state index contributed by atoms with van der Waals surface area (Å²) in [4.78, 5) is 26.3. The van der Waals surface area contributed by atoms with Crippen LogP contribution in [0.5, 0.6) is 0 Å². The number of nitrogens with one attached hydrogen (secondary N) is 1. The first-order valence-electron chi connectivity index (χ1n) is 5.33. The van der Waals surface area contributed by atoms with Crippen molar-refractivity contribution in [2.24, 2.45) is 0 Å². The topological polar surface area (TPSA) is 72.3 Å². The fourth-order valence-electron chi connectivity index (χ4n) is 1.90. The molecule has 0 atom stereocenters. The number of aromatic amines is 1. The molecule has 3 rings (SSSR count). The van der Waals surface area contributed by atoms with Crippen molar-refractivity contribution in [3.8, 4) is 0 Å². The van der Waals surface area contributed by atoms with Crippen LogP contribution in [-0.4, -0.2) is 18.1 Å². The number of carbonyl (C=O) groups excluding carboxylic acids is 1. The first-order chi connectivity index (χ1) is 8.70. The predicted octanol–water partition coefficient (Wildman–Crippen LogP) is 2.06. The Morgan fingerprint density at radius 3 is 2.83 bits per heavy atom. The van der Waals surface area contributed by atoms with Gasteiger partial charge in [-0.25, -0.2) is 4.79 Å². The zero-order chi connectivity index (χ0) is 12.7. The van der Waals surface area contributed by atoms with Gasteiger partial charge in [0.05, 0.1) is 17.9 Å². The summed E-state index contributed by atoms with van der Waals surface area (Å²) in [6, 6.07) is 8.37. The van der Waals surface area contributed by atoms with E-state index in [-0.39, 0.29) is 16.8 Å². The Hall–Kier alpha value is -2.56. The number of aromatic nitrogens is 1. The normalized spacial score (nSPS) is 10.9. The fraction of sp³-hybridized carbons (Fsp3) is 0.0769. The third-order valence-corrected chi connectivity index (χ3v) is 2.78. The van der Waals surface area contributed by atoms with Crippen LogP contribution >= 0.6 is 0 Å². The van der Waals surface area contributed by atoms with E-state index >= 15 is 0 Å². The highest BCUT2D eigenvalue weighted by Crippen LogP contribution is 2.18. The molecule has 90 valence electrons. The smallest absolute Gasteiger partial charge is 0.354 e. The van der Waals surface area contributed by atoms with E-state index in [1.807, 2.05) is 0 Å². The van der Waals surface area contributed by atoms with E-state index in [0.717, 1.165) is 0 Å². The molecule has 5 nitrogen and oxygen atoms in total. The number of benzene rings is 1. The molecule has 2 aromatic heterocycles. The van der Waals surface area contributed by atoms with Gasteiger partial charge in [-0.05, 0) is 18.2 Å². The summed E-state index contributed by atoms with van der Waals surface area (Å²) in [6.07, 6.45) is 0. The number of ether oxygens (including phenoxy) is 1. The summed E-state index contributed by atoms with van der Waals surface area (Å²) in [5.41, 5.74) is 0.786. The molecule has 0 aliphatic heterocycles.